The van der Waals surface area contributed by atoms with Gasteiger partial charge in [0, 0.05) is 0 Å². The van der Waals surface area contributed by atoms with Gasteiger partial charge in [0.1, 0.15) is 0 Å². The van der Waals surface area contributed by atoms with Crippen molar-refractivity contribution in [1.29, 1.82) is 0 Å². The van der Waals surface area contributed by atoms with Crippen molar-refractivity contribution < 1.29 is 36.7 Å². The summed E-state index contributed by atoms with van der Waals surface area (Å²) in [4.78, 5) is 0. The predicted molar refractivity (Wildman–Crippen MR) is 121 cm³/mol. The first kappa shape index (κ1) is 26.1. The molecule has 8 nitrogen and oxygen atoms in total. The minimum absolute atomic E-state index is 0.117. The van der Waals surface area contributed by atoms with Gasteiger partial charge in [0.15, 0.2) is 16.6 Å². The maximum absolute atomic E-state index is 14.1. The molecule has 10 heteroatoms. The SMILES string of the molecule is CC(C)OP(=O)(OC(C)C)C(=Cc1ccc2c(c1)OCO2)P(=O)(OC(C)C)OC(C)C. The summed E-state index contributed by atoms with van der Waals surface area (Å²) in [6.07, 6.45) is -0.362. The minimum atomic E-state index is -4.09. The second-order valence-corrected chi connectivity index (χ2v) is 12.4. The Morgan fingerprint density at radius 1 is 0.774 bits per heavy atom. The first-order chi connectivity index (χ1) is 14.3. The van der Waals surface area contributed by atoms with Gasteiger partial charge in [-0.05, 0) is 79.2 Å². The highest BCUT2D eigenvalue weighted by Gasteiger charge is 2.48. The van der Waals surface area contributed by atoms with Crippen LogP contribution in [-0.2, 0) is 27.2 Å². The number of benzene rings is 1. The lowest BCUT2D eigenvalue weighted by molar-refractivity contribution is 0.137. The predicted octanol–water partition coefficient (Wildman–Crippen LogP) is 6.80. The summed E-state index contributed by atoms with van der Waals surface area (Å²) >= 11 is 0. The summed E-state index contributed by atoms with van der Waals surface area (Å²) < 4.78 is 62.0. The highest BCUT2D eigenvalue weighted by molar-refractivity contribution is 7.79. The minimum Gasteiger partial charge on any atom is -0.454 e. The van der Waals surface area contributed by atoms with Gasteiger partial charge < -0.3 is 27.6 Å². The molecule has 1 heterocycles. The molecule has 0 aliphatic carbocycles. The summed E-state index contributed by atoms with van der Waals surface area (Å²) in [6.45, 7) is 13.9. The van der Waals surface area contributed by atoms with E-state index in [9.17, 15) is 9.13 Å². The monoisotopic (exact) mass is 476 g/mol. The Hall–Kier alpha value is -1.14. The zero-order valence-corrected chi connectivity index (χ0v) is 21.3. The van der Waals surface area contributed by atoms with E-state index in [1.54, 1.807) is 73.6 Å². The standard InChI is InChI=1S/C21H34O8P2/c1-14(2)26-30(22,27-15(3)4)21(31(23,28-16(5)6)29-17(7)8)12-18-9-10-19-20(11-18)25-13-24-19/h9-12,14-17H,13H2,1-8H3. The zero-order valence-electron chi connectivity index (χ0n) is 19.5. The summed E-state index contributed by atoms with van der Waals surface area (Å²) in [5, 5.41) is -0.149. The van der Waals surface area contributed by atoms with Crippen molar-refractivity contribution in [3.05, 3.63) is 28.8 Å². The fourth-order valence-corrected chi connectivity index (χ4v) is 7.97. The molecule has 1 aromatic rings. The van der Waals surface area contributed by atoms with E-state index in [1.165, 1.54) is 6.08 Å². The van der Waals surface area contributed by atoms with Crippen LogP contribution in [-0.4, -0.2) is 31.2 Å². The zero-order chi connectivity index (χ0) is 23.4. The summed E-state index contributed by atoms with van der Waals surface area (Å²) in [7, 11) is -8.17. The van der Waals surface area contributed by atoms with E-state index in [4.69, 9.17) is 27.6 Å². The molecule has 1 aliphatic rings. The van der Waals surface area contributed by atoms with Crippen LogP contribution in [0.1, 0.15) is 61.0 Å². The normalized spacial score (nSPS) is 14.2. The molecule has 0 N–H and O–H groups in total. The molecule has 31 heavy (non-hydrogen) atoms. The topological polar surface area (TPSA) is 89.5 Å². The number of rotatable bonds is 11. The van der Waals surface area contributed by atoms with E-state index in [2.05, 4.69) is 0 Å². The van der Waals surface area contributed by atoms with Crippen LogP contribution < -0.4 is 9.47 Å². The van der Waals surface area contributed by atoms with E-state index < -0.39 is 39.6 Å². The van der Waals surface area contributed by atoms with Gasteiger partial charge in [0.05, 0.1) is 24.4 Å². The molecule has 0 amide bonds. The van der Waals surface area contributed by atoms with Gasteiger partial charge in [0.2, 0.25) is 6.79 Å². The Bertz CT molecular complexity index is 808. The van der Waals surface area contributed by atoms with Crippen molar-refractivity contribution in [2.45, 2.75) is 79.8 Å². The summed E-state index contributed by atoms with van der Waals surface area (Å²) in [6, 6.07) is 5.16. The largest absolute Gasteiger partial charge is 0.454 e. The van der Waals surface area contributed by atoms with Gasteiger partial charge in [-0.15, -0.1) is 0 Å². The molecular formula is C21H34O8P2. The molecule has 0 radical (unpaired) electrons. The molecule has 2 rings (SSSR count). The Labute approximate surface area is 185 Å². The first-order valence-corrected chi connectivity index (χ1v) is 13.5. The van der Waals surface area contributed by atoms with Crippen LogP contribution in [0.4, 0.5) is 0 Å². The number of fused-ring (bicyclic) bond motifs is 1. The quantitative estimate of drug-likeness (QED) is 0.322. The lowest BCUT2D eigenvalue weighted by atomic mass is 10.2. The molecule has 0 saturated carbocycles. The van der Waals surface area contributed by atoms with E-state index in [-0.39, 0.29) is 11.8 Å². The molecule has 176 valence electrons. The maximum Gasteiger partial charge on any atom is 0.370 e. The highest BCUT2D eigenvalue weighted by Crippen LogP contribution is 2.75. The average molecular weight is 476 g/mol. The lowest BCUT2D eigenvalue weighted by Crippen LogP contribution is -2.14. The van der Waals surface area contributed by atoms with Crippen LogP contribution in [0, 0.1) is 0 Å². The Morgan fingerprint density at radius 3 is 1.61 bits per heavy atom. The Balaban J connectivity index is 2.72. The molecule has 0 bridgehead atoms. The van der Waals surface area contributed by atoms with Crippen molar-refractivity contribution in [3.8, 4) is 11.5 Å². The van der Waals surface area contributed by atoms with Gasteiger partial charge in [-0.3, -0.25) is 9.13 Å². The van der Waals surface area contributed by atoms with E-state index in [0.717, 1.165) is 0 Å². The molecule has 0 spiro atoms. The maximum atomic E-state index is 14.1. The van der Waals surface area contributed by atoms with Crippen LogP contribution in [0.25, 0.3) is 6.08 Å². The van der Waals surface area contributed by atoms with Crippen molar-refractivity contribution in [2.24, 2.45) is 0 Å². The molecule has 0 unspecified atom stereocenters. The smallest absolute Gasteiger partial charge is 0.370 e. The van der Waals surface area contributed by atoms with Crippen molar-refractivity contribution >= 4 is 21.3 Å². The molecular weight excluding hydrogens is 442 g/mol. The van der Waals surface area contributed by atoms with Gasteiger partial charge in [0.25, 0.3) is 0 Å². The van der Waals surface area contributed by atoms with Gasteiger partial charge >= 0.3 is 15.2 Å². The molecule has 0 aromatic heterocycles. The second-order valence-electron chi connectivity index (χ2n) is 8.23. The third kappa shape index (κ3) is 7.18. The van der Waals surface area contributed by atoms with Crippen LogP contribution in [0.3, 0.4) is 0 Å². The van der Waals surface area contributed by atoms with Crippen LogP contribution in [0.15, 0.2) is 23.3 Å². The number of hydrogen-bond acceptors (Lipinski definition) is 8. The fraction of sp³-hybridized carbons (Fsp3) is 0.619. The Morgan fingerprint density at radius 2 is 1.19 bits per heavy atom. The van der Waals surface area contributed by atoms with E-state index in [0.29, 0.717) is 17.1 Å². The molecule has 1 aliphatic heterocycles. The molecule has 0 atom stereocenters. The molecule has 0 fully saturated rings. The number of ether oxygens (including phenoxy) is 2. The van der Waals surface area contributed by atoms with Crippen LogP contribution in [0.5, 0.6) is 11.5 Å². The molecule has 1 aromatic carbocycles. The summed E-state index contributed by atoms with van der Waals surface area (Å²) in [5.41, 5.74) is 0.569. The Kier molecular flexibility index (Phi) is 8.97. The summed E-state index contributed by atoms with van der Waals surface area (Å²) in [5.74, 6) is 1.13. The van der Waals surface area contributed by atoms with Gasteiger partial charge in [-0.1, -0.05) is 6.07 Å². The fourth-order valence-electron chi connectivity index (χ4n) is 2.84. The number of hydrogen-bond donors (Lipinski definition) is 0. The van der Waals surface area contributed by atoms with Crippen molar-refractivity contribution in [2.75, 3.05) is 6.79 Å². The highest BCUT2D eigenvalue weighted by atomic mass is 31.2. The third-order valence-corrected chi connectivity index (χ3v) is 9.30. The van der Waals surface area contributed by atoms with E-state index >= 15 is 0 Å². The van der Waals surface area contributed by atoms with Gasteiger partial charge in [-0.25, -0.2) is 0 Å². The lowest BCUT2D eigenvalue weighted by Gasteiger charge is -2.30. The second kappa shape index (κ2) is 10.7. The van der Waals surface area contributed by atoms with Crippen LogP contribution in [0.2, 0.25) is 0 Å². The third-order valence-electron chi connectivity index (χ3n) is 3.65. The van der Waals surface area contributed by atoms with E-state index in [1.807, 2.05) is 0 Å². The average Bonchev–Trinajstić information content (AvgIpc) is 3.04. The molecule has 0 saturated heterocycles. The van der Waals surface area contributed by atoms with Gasteiger partial charge in [-0.2, -0.15) is 0 Å². The first-order valence-electron chi connectivity index (χ1n) is 10.4. The van der Waals surface area contributed by atoms with Crippen molar-refractivity contribution in [3.63, 3.8) is 0 Å². The van der Waals surface area contributed by atoms with Crippen molar-refractivity contribution in [1.82, 2.24) is 0 Å². The van der Waals surface area contributed by atoms with Crippen LogP contribution >= 0.6 is 15.2 Å².